The van der Waals surface area contributed by atoms with Gasteiger partial charge in [0.2, 0.25) is 0 Å². The number of carbonyl (C=O) groups is 1. The Bertz CT molecular complexity index is 858. The molecule has 25 heavy (non-hydrogen) atoms. The summed E-state index contributed by atoms with van der Waals surface area (Å²) in [6, 6.07) is 15.3. The lowest BCUT2D eigenvalue weighted by atomic mass is 10.0. The number of hydrogen-bond acceptors (Lipinski definition) is 5. The minimum atomic E-state index is -0.542. The van der Waals surface area contributed by atoms with E-state index in [9.17, 15) is 9.90 Å². The van der Waals surface area contributed by atoms with Gasteiger partial charge in [-0.1, -0.05) is 24.3 Å². The zero-order valence-corrected chi connectivity index (χ0v) is 14.4. The number of nitrogens with one attached hydrogen (secondary N) is 2. The van der Waals surface area contributed by atoms with Crippen LogP contribution in [-0.2, 0) is 0 Å². The maximum atomic E-state index is 12.4. The molecule has 1 aliphatic heterocycles. The molecule has 6 heteroatoms. The second-order valence-electron chi connectivity index (χ2n) is 6.20. The van der Waals surface area contributed by atoms with Crippen molar-refractivity contribution in [3.05, 3.63) is 54.1 Å². The lowest BCUT2D eigenvalue weighted by Crippen LogP contribution is -2.52. The number of hydrogen-bond donors (Lipinski definition) is 3. The third kappa shape index (κ3) is 3.42. The van der Waals surface area contributed by atoms with E-state index in [1.54, 1.807) is 11.3 Å². The Kier molecular flexibility index (Phi) is 4.48. The number of amides is 1. The molecule has 1 aliphatic rings. The summed E-state index contributed by atoms with van der Waals surface area (Å²) >= 11 is 1.64. The molecule has 0 radical (unpaired) electrons. The SMILES string of the molecule is O=C(NC1CCNCC1O)c1ccc(-c2nc3ccccc3s2)cc1. The monoisotopic (exact) mass is 353 g/mol. The van der Waals surface area contributed by atoms with Gasteiger partial charge in [0, 0.05) is 17.7 Å². The van der Waals surface area contributed by atoms with Gasteiger partial charge in [-0.2, -0.15) is 0 Å². The highest BCUT2D eigenvalue weighted by Crippen LogP contribution is 2.30. The first kappa shape index (κ1) is 16.2. The Morgan fingerprint density at radius 1 is 1.20 bits per heavy atom. The predicted octanol–water partition coefficient (Wildman–Crippen LogP) is 2.42. The number of aromatic nitrogens is 1. The van der Waals surface area contributed by atoms with Crippen molar-refractivity contribution in [2.24, 2.45) is 0 Å². The highest BCUT2D eigenvalue weighted by molar-refractivity contribution is 7.21. The molecule has 5 nitrogen and oxygen atoms in total. The van der Waals surface area contributed by atoms with Crippen molar-refractivity contribution in [2.75, 3.05) is 13.1 Å². The van der Waals surface area contributed by atoms with Crippen LogP contribution in [0, 0.1) is 0 Å². The number of fused-ring (bicyclic) bond motifs is 1. The van der Waals surface area contributed by atoms with Crippen molar-refractivity contribution in [1.82, 2.24) is 15.6 Å². The van der Waals surface area contributed by atoms with Crippen molar-refractivity contribution in [1.29, 1.82) is 0 Å². The lowest BCUT2D eigenvalue weighted by molar-refractivity contribution is 0.0765. The maximum absolute atomic E-state index is 12.4. The molecule has 1 aromatic heterocycles. The number of piperidine rings is 1. The van der Waals surface area contributed by atoms with Crippen LogP contribution in [0.15, 0.2) is 48.5 Å². The van der Waals surface area contributed by atoms with E-state index in [0.717, 1.165) is 33.8 Å². The molecule has 3 aromatic rings. The van der Waals surface area contributed by atoms with Gasteiger partial charge in [0.15, 0.2) is 0 Å². The second-order valence-corrected chi connectivity index (χ2v) is 7.23. The largest absolute Gasteiger partial charge is 0.390 e. The number of nitrogens with zero attached hydrogens (tertiary/aromatic N) is 1. The molecule has 0 bridgehead atoms. The number of para-hydroxylation sites is 1. The molecule has 2 atom stereocenters. The summed E-state index contributed by atoms with van der Waals surface area (Å²) in [6.45, 7) is 1.32. The minimum absolute atomic E-state index is 0.151. The Morgan fingerprint density at radius 2 is 2.00 bits per heavy atom. The van der Waals surface area contributed by atoms with Crippen molar-refractivity contribution in [3.63, 3.8) is 0 Å². The van der Waals surface area contributed by atoms with Crippen LogP contribution in [-0.4, -0.2) is 41.2 Å². The van der Waals surface area contributed by atoms with Gasteiger partial charge < -0.3 is 15.7 Å². The molecule has 1 amide bonds. The number of aliphatic hydroxyl groups excluding tert-OH is 1. The molecule has 1 saturated heterocycles. The molecule has 2 unspecified atom stereocenters. The van der Waals surface area contributed by atoms with E-state index in [2.05, 4.69) is 21.7 Å². The van der Waals surface area contributed by atoms with E-state index in [4.69, 9.17) is 0 Å². The summed E-state index contributed by atoms with van der Waals surface area (Å²) in [4.78, 5) is 17.0. The third-order valence-electron chi connectivity index (χ3n) is 4.45. The molecule has 0 saturated carbocycles. The summed E-state index contributed by atoms with van der Waals surface area (Å²) in [5.41, 5.74) is 2.58. The topological polar surface area (TPSA) is 74.2 Å². The fourth-order valence-electron chi connectivity index (χ4n) is 3.02. The van der Waals surface area contributed by atoms with Crippen LogP contribution in [0.2, 0.25) is 0 Å². The zero-order chi connectivity index (χ0) is 17.2. The normalized spacial score (nSPS) is 20.5. The van der Waals surface area contributed by atoms with Crippen molar-refractivity contribution in [2.45, 2.75) is 18.6 Å². The fraction of sp³-hybridized carbons (Fsp3) is 0.263. The van der Waals surface area contributed by atoms with E-state index in [1.165, 1.54) is 0 Å². The number of carbonyl (C=O) groups excluding carboxylic acids is 1. The van der Waals surface area contributed by atoms with Gasteiger partial charge in [-0.3, -0.25) is 4.79 Å². The number of thiazole rings is 1. The first-order valence-electron chi connectivity index (χ1n) is 8.36. The zero-order valence-electron chi connectivity index (χ0n) is 13.6. The molecular weight excluding hydrogens is 334 g/mol. The summed E-state index contributed by atoms with van der Waals surface area (Å²) < 4.78 is 1.15. The maximum Gasteiger partial charge on any atom is 0.251 e. The first-order chi connectivity index (χ1) is 12.2. The van der Waals surface area contributed by atoms with Gasteiger partial charge in [-0.05, 0) is 37.2 Å². The van der Waals surface area contributed by atoms with Crippen molar-refractivity contribution in [3.8, 4) is 10.6 Å². The molecule has 2 heterocycles. The molecule has 2 aromatic carbocycles. The highest BCUT2D eigenvalue weighted by Gasteiger charge is 2.24. The first-order valence-corrected chi connectivity index (χ1v) is 9.18. The molecule has 4 rings (SSSR count). The Labute approximate surface area is 149 Å². The van der Waals surface area contributed by atoms with E-state index in [0.29, 0.717) is 12.1 Å². The summed E-state index contributed by atoms with van der Waals surface area (Å²) in [5, 5.41) is 16.9. The second kappa shape index (κ2) is 6.92. The van der Waals surface area contributed by atoms with Gasteiger partial charge in [0.1, 0.15) is 5.01 Å². The lowest BCUT2D eigenvalue weighted by Gasteiger charge is -2.29. The molecule has 0 aliphatic carbocycles. The Morgan fingerprint density at radius 3 is 2.76 bits per heavy atom. The number of aliphatic hydroxyl groups is 1. The Balaban J connectivity index is 1.50. The van der Waals surface area contributed by atoms with Crippen LogP contribution in [0.1, 0.15) is 16.8 Å². The van der Waals surface area contributed by atoms with E-state index < -0.39 is 6.10 Å². The van der Waals surface area contributed by atoms with E-state index >= 15 is 0 Å². The minimum Gasteiger partial charge on any atom is -0.390 e. The smallest absolute Gasteiger partial charge is 0.251 e. The van der Waals surface area contributed by atoms with Gasteiger partial charge in [-0.25, -0.2) is 4.98 Å². The number of β-amino-alcohol motifs (C(OH)–C–C–N with tert-alkyl or cyclic N) is 1. The van der Waals surface area contributed by atoms with Crippen molar-refractivity contribution >= 4 is 27.5 Å². The average molecular weight is 353 g/mol. The number of rotatable bonds is 3. The quantitative estimate of drug-likeness (QED) is 0.676. The van der Waals surface area contributed by atoms with Crippen LogP contribution in [0.5, 0.6) is 0 Å². The van der Waals surface area contributed by atoms with Gasteiger partial charge in [-0.15, -0.1) is 11.3 Å². The molecule has 128 valence electrons. The van der Waals surface area contributed by atoms with Gasteiger partial charge in [0.05, 0.1) is 22.4 Å². The molecule has 1 fully saturated rings. The standard InChI is InChI=1S/C19H19N3O2S/c23-16-11-20-10-9-14(16)21-18(24)12-5-7-13(8-6-12)19-22-15-3-1-2-4-17(15)25-19/h1-8,14,16,20,23H,9-11H2,(H,21,24). The Hall–Kier alpha value is -2.28. The van der Waals surface area contributed by atoms with Crippen LogP contribution in [0.25, 0.3) is 20.8 Å². The average Bonchev–Trinajstić information content (AvgIpc) is 3.08. The van der Waals surface area contributed by atoms with Crippen LogP contribution in [0.3, 0.4) is 0 Å². The fourth-order valence-corrected chi connectivity index (χ4v) is 3.99. The predicted molar refractivity (Wildman–Crippen MR) is 99.8 cm³/mol. The van der Waals surface area contributed by atoms with Crippen LogP contribution < -0.4 is 10.6 Å². The summed E-state index contributed by atoms with van der Waals surface area (Å²) in [5.74, 6) is -0.151. The van der Waals surface area contributed by atoms with E-state index in [-0.39, 0.29) is 11.9 Å². The highest BCUT2D eigenvalue weighted by atomic mass is 32.1. The van der Waals surface area contributed by atoms with Gasteiger partial charge >= 0.3 is 0 Å². The number of benzene rings is 2. The summed E-state index contributed by atoms with van der Waals surface area (Å²) in [7, 11) is 0. The molecule has 0 spiro atoms. The summed E-state index contributed by atoms with van der Waals surface area (Å²) in [6.07, 6.45) is 0.191. The van der Waals surface area contributed by atoms with Gasteiger partial charge in [0.25, 0.3) is 5.91 Å². The van der Waals surface area contributed by atoms with Crippen molar-refractivity contribution < 1.29 is 9.90 Å². The third-order valence-corrected chi connectivity index (χ3v) is 5.54. The van der Waals surface area contributed by atoms with E-state index in [1.807, 2.05) is 42.5 Å². The molecule has 3 N–H and O–H groups in total. The van der Waals surface area contributed by atoms with Crippen LogP contribution in [0.4, 0.5) is 0 Å². The van der Waals surface area contributed by atoms with Crippen LogP contribution >= 0.6 is 11.3 Å². The molecular formula is C19H19N3O2S.